The van der Waals surface area contributed by atoms with Crippen molar-refractivity contribution in [1.29, 1.82) is 0 Å². The standard InChI is InChI=1S/C13H22F6O5/c1-4-5-6-22-9(7-23-12(16,17)10(14)20-2)8-24-13(18,19)11(15)21-3/h9-11H,4-8H2,1-3H3. The van der Waals surface area contributed by atoms with Crippen molar-refractivity contribution in [3.8, 4) is 0 Å². The summed E-state index contributed by atoms with van der Waals surface area (Å²) in [5.74, 6) is 0. The molecule has 0 spiro atoms. The van der Waals surface area contributed by atoms with Crippen molar-refractivity contribution in [2.75, 3.05) is 34.0 Å². The molecule has 0 saturated heterocycles. The topological polar surface area (TPSA) is 46.2 Å². The zero-order valence-electron chi connectivity index (χ0n) is 13.6. The molecule has 0 N–H and O–H groups in total. The van der Waals surface area contributed by atoms with Crippen molar-refractivity contribution >= 4 is 0 Å². The minimum atomic E-state index is -4.31. The monoisotopic (exact) mass is 372 g/mol. The largest absolute Gasteiger partial charge is 0.411 e. The third kappa shape index (κ3) is 8.47. The fourth-order valence-electron chi connectivity index (χ4n) is 1.35. The molecule has 0 fully saturated rings. The number of methoxy groups -OCH3 is 2. The van der Waals surface area contributed by atoms with Crippen LogP contribution in [0.25, 0.3) is 0 Å². The van der Waals surface area contributed by atoms with Gasteiger partial charge in [-0.2, -0.15) is 17.6 Å². The summed E-state index contributed by atoms with van der Waals surface area (Å²) in [4.78, 5) is 0. The van der Waals surface area contributed by atoms with Gasteiger partial charge in [0, 0.05) is 20.8 Å². The zero-order chi connectivity index (χ0) is 18.8. The van der Waals surface area contributed by atoms with Crippen molar-refractivity contribution in [2.45, 2.75) is 50.8 Å². The first-order valence-electron chi connectivity index (χ1n) is 7.09. The molecule has 2 unspecified atom stereocenters. The molecule has 146 valence electrons. The summed E-state index contributed by atoms with van der Waals surface area (Å²) < 4.78 is 99.1. The maximum atomic E-state index is 13.2. The molecule has 0 bridgehead atoms. The Hall–Kier alpha value is -0.620. The number of alkyl halides is 6. The number of hydrogen-bond donors (Lipinski definition) is 0. The summed E-state index contributed by atoms with van der Waals surface area (Å²) >= 11 is 0. The van der Waals surface area contributed by atoms with Crippen LogP contribution in [0.1, 0.15) is 19.8 Å². The van der Waals surface area contributed by atoms with E-state index < -0.39 is 44.3 Å². The van der Waals surface area contributed by atoms with Gasteiger partial charge in [-0.15, -0.1) is 0 Å². The van der Waals surface area contributed by atoms with Crippen molar-refractivity contribution in [3.05, 3.63) is 0 Å². The third-order valence-corrected chi connectivity index (χ3v) is 2.72. The van der Waals surface area contributed by atoms with E-state index in [2.05, 4.69) is 18.9 Å². The Morgan fingerprint density at radius 3 is 1.58 bits per heavy atom. The van der Waals surface area contributed by atoms with Gasteiger partial charge in [0.1, 0.15) is 6.10 Å². The Balaban J connectivity index is 4.63. The van der Waals surface area contributed by atoms with Gasteiger partial charge in [0.15, 0.2) is 0 Å². The molecule has 0 amide bonds. The van der Waals surface area contributed by atoms with Crippen molar-refractivity contribution in [2.24, 2.45) is 0 Å². The highest BCUT2D eigenvalue weighted by molar-refractivity contribution is 4.64. The molecule has 2 atom stereocenters. The summed E-state index contributed by atoms with van der Waals surface area (Å²) in [7, 11) is 1.40. The van der Waals surface area contributed by atoms with Crippen molar-refractivity contribution in [1.82, 2.24) is 0 Å². The number of unbranched alkanes of at least 4 members (excludes halogenated alkanes) is 1. The SMILES string of the molecule is CCCCOC(COC(F)(F)C(F)OC)COC(F)(F)C(F)OC. The van der Waals surface area contributed by atoms with E-state index in [1.165, 1.54) is 0 Å². The number of halogens is 6. The molecule has 0 aliphatic rings. The molecule has 0 aromatic heterocycles. The first kappa shape index (κ1) is 23.4. The maximum absolute atomic E-state index is 13.2. The summed E-state index contributed by atoms with van der Waals surface area (Å²) in [6.45, 7) is -0.0923. The smallest absolute Gasteiger partial charge is 0.373 e. The van der Waals surface area contributed by atoms with E-state index in [4.69, 9.17) is 4.74 Å². The third-order valence-electron chi connectivity index (χ3n) is 2.72. The number of rotatable bonds is 14. The van der Waals surface area contributed by atoms with Gasteiger partial charge in [-0.25, -0.2) is 8.78 Å². The van der Waals surface area contributed by atoms with E-state index in [9.17, 15) is 26.3 Å². The highest BCUT2D eigenvalue weighted by Gasteiger charge is 2.45. The summed E-state index contributed by atoms with van der Waals surface area (Å²) in [5, 5.41) is 0. The van der Waals surface area contributed by atoms with Gasteiger partial charge >= 0.3 is 12.2 Å². The lowest BCUT2D eigenvalue weighted by Crippen LogP contribution is -2.41. The van der Waals surface area contributed by atoms with Crippen LogP contribution in [0.3, 0.4) is 0 Å². The first-order valence-corrected chi connectivity index (χ1v) is 7.09. The van der Waals surface area contributed by atoms with Gasteiger partial charge in [0.25, 0.3) is 12.7 Å². The molecule has 0 radical (unpaired) electrons. The quantitative estimate of drug-likeness (QED) is 0.346. The van der Waals surface area contributed by atoms with Crippen LogP contribution in [0, 0.1) is 0 Å². The Morgan fingerprint density at radius 2 is 1.25 bits per heavy atom. The second kappa shape index (κ2) is 11.1. The van der Waals surface area contributed by atoms with E-state index in [1.54, 1.807) is 0 Å². The van der Waals surface area contributed by atoms with Crippen LogP contribution < -0.4 is 0 Å². The number of hydrogen-bond acceptors (Lipinski definition) is 5. The normalized spacial score (nSPS) is 16.9. The van der Waals surface area contributed by atoms with E-state index in [0.717, 1.165) is 0 Å². The molecule has 0 rings (SSSR count). The predicted molar refractivity (Wildman–Crippen MR) is 70.3 cm³/mol. The fraction of sp³-hybridized carbons (Fsp3) is 1.00. The van der Waals surface area contributed by atoms with Crippen LogP contribution in [0.4, 0.5) is 26.3 Å². The van der Waals surface area contributed by atoms with Crippen molar-refractivity contribution < 1.29 is 50.0 Å². The molecule has 0 heterocycles. The van der Waals surface area contributed by atoms with Gasteiger partial charge < -0.3 is 23.7 Å². The summed E-state index contributed by atoms with van der Waals surface area (Å²) in [6.07, 6.45) is -14.9. The van der Waals surface area contributed by atoms with Crippen LogP contribution in [-0.4, -0.2) is 65.1 Å². The van der Waals surface area contributed by atoms with Crippen LogP contribution >= 0.6 is 0 Å². The van der Waals surface area contributed by atoms with Gasteiger partial charge in [0.05, 0.1) is 13.2 Å². The lowest BCUT2D eigenvalue weighted by atomic mass is 10.3. The molecule has 24 heavy (non-hydrogen) atoms. The van der Waals surface area contributed by atoms with E-state index in [-0.39, 0.29) is 6.61 Å². The molecular formula is C13H22F6O5. The van der Waals surface area contributed by atoms with Crippen LogP contribution in [-0.2, 0) is 23.7 Å². The van der Waals surface area contributed by atoms with Gasteiger partial charge in [0.2, 0.25) is 0 Å². The summed E-state index contributed by atoms with van der Waals surface area (Å²) in [6, 6.07) is 0. The Morgan fingerprint density at radius 1 is 0.833 bits per heavy atom. The molecule has 11 heteroatoms. The molecule has 0 aliphatic heterocycles. The summed E-state index contributed by atoms with van der Waals surface area (Å²) in [5.41, 5.74) is 0. The molecule has 5 nitrogen and oxygen atoms in total. The Labute approximate surface area is 136 Å². The Bertz CT molecular complexity index is 308. The van der Waals surface area contributed by atoms with E-state index >= 15 is 0 Å². The Kier molecular flexibility index (Phi) is 10.8. The zero-order valence-corrected chi connectivity index (χ0v) is 13.6. The maximum Gasteiger partial charge on any atom is 0.411 e. The average molecular weight is 372 g/mol. The second-order valence-corrected chi connectivity index (χ2v) is 4.70. The van der Waals surface area contributed by atoms with Crippen molar-refractivity contribution in [3.63, 3.8) is 0 Å². The minimum absolute atomic E-state index is 0.0394. The van der Waals surface area contributed by atoms with Gasteiger partial charge in [-0.1, -0.05) is 13.3 Å². The molecule has 0 aliphatic carbocycles. The van der Waals surface area contributed by atoms with E-state index in [1.807, 2.05) is 6.92 Å². The average Bonchev–Trinajstić information content (AvgIpc) is 2.55. The highest BCUT2D eigenvalue weighted by Crippen LogP contribution is 2.26. The van der Waals surface area contributed by atoms with E-state index in [0.29, 0.717) is 27.1 Å². The molecule has 0 aromatic carbocycles. The predicted octanol–water partition coefficient (Wildman–Crippen LogP) is 3.27. The van der Waals surface area contributed by atoms with Gasteiger partial charge in [-0.3, -0.25) is 0 Å². The lowest BCUT2D eigenvalue weighted by Gasteiger charge is -2.25. The van der Waals surface area contributed by atoms with Crippen LogP contribution in [0.5, 0.6) is 0 Å². The van der Waals surface area contributed by atoms with Gasteiger partial charge in [-0.05, 0) is 6.42 Å². The fourth-order valence-corrected chi connectivity index (χ4v) is 1.35. The highest BCUT2D eigenvalue weighted by atomic mass is 19.3. The second-order valence-electron chi connectivity index (χ2n) is 4.70. The molecular weight excluding hydrogens is 350 g/mol. The lowest BCUT2D eigenvalue weighted by molar-refractivity contribution is -0.345. The van der Waals surface area contributed by atoms with Crippen LogP contribution in [0.2, 0.25) is 0 Å². The first-order chi connectivity index (χ1) is 11.1. The number of ether oxygens (including phenoxy) is 5. The minimum Gasteiger partial charge on any atom is -0.373 e. The van der Waals surface area contributed by atoms with Crippen LogP contribution in [0.15, 0.2) is 0 Å². The molecule has 0 aromatic rings. The molecule has 0 saturated carbocycles.